The second-order valence-corrected chi connectivity index (χ2v) is 6.30. The molecule has 1 heterocycles. The van der Waals surface area contributed by atoms with E-state index in [1.165, 1.54) is 6.07 Å². The summed E-state index contributed by atoms with van der Waals surface area (Å²) in [6, 6.07) is 3.15. The van der Waals surface area contributed by atoms with E-state index in [0.29, 0.717) is 18.1 Å². The van der Waals surface area contributed by atoms with E-state index in [9.17, 15) is 22.0 Å². The Balaban J connectivity index is 2.08. The SMILES string of the molecule is CCNC(=NCc1nc(C(F)(F)F)cs1)NC(C)c1ccc(F)c(F)c1. The van der Waals surface area contributed by atoms with Crippen LogP contribution in [-0.2, 0) is 12.7 Å². The van der Waals surface area contributed by atoms with Crippen LogP contribution in [0.5, 0.6) is 0 Å². The van der Waals surface area contributed by atoms with Crippen LogP contribution in [0.15, 0.2) is 28.6 Å². The lowest BCUT2D eigenvalue weighted by Crippen LogP contribution is -2.38. The van der Waals surface area contributed by atoms with Crippen molar-refractivity contribution in [2.45, 2.75) is 32.6 Å². The number of aromatic nitrogens is 1. The van der Waals surface area contributed by atoms with Crippen molar-refractivity contribution in [2.75, 3.05) is 6.54 Å². The average Bonchev–Trinajstić information content (AvgIpc) is 3.04. The molecule has 0 saturated carbocycles. The van der Waals surface area contributed by atoms with Gasteiger partial charge in [-0.1, -0.05) is 6.07 Å². The van der Waals surface area contributed by atoms with Crippen LogP contribution in [0.4, 0.5) is 22.0 Å². The van der Waals surface area contributed by atoms with Crippen molar-refractivity contribution in [1.82, 2.24) is 15.6 Å². The molecule has 1 aromatic heterocycles. The highest BCUT2D eigenvalue weighted by Crippen LogP contribution is 2.30. The fourth-order valence-corrected chi connectivity index (χ4v) is 2.77. The molecule has 0 fully saturated rings. The highest BCUT2D eigenvalue weighted by molar-refractivity contribution is 7.09. The van der Waals surface area contributed by atoms with Crippen LogP contribution in [0.1, 0.15) is 36.2 Å². The van der Waals surface area contributed by atoms with Crippen LogP contribution >= 0.6 is 11.3 Å². The van der Waals surface area contributed by atoms with Crippen molar-refractivity contribution in [3.05, 3.63) is 51.5 Å². The molecular weight excluding hydrogens is 375 g/mol. The Labute approximate surface area is 151 Å². The third kappa shape index (κ3) is 5.38. The van der Waals surface area contributed by atoms with Crippen molar-refractivity contribution < 1.29 is 22.0 Å². The van der Waals surface area contributed by atoms with Gasteiger partial charge in [-0.15, -0.1) is 11.3 Å². The summed E-state index contributed by atoms with van der Waals surface area (Å²) in [7, 11) is 0. The summed E-state index contributed by atoms with van der Waals surface area (Å²) in [4.78, 5) is 7.70. The minimum Gasteiger partial charge on any atom is -0.357 e. The number of alkyl halides is 3. The van der Waals surface area contributed by atoms with Gasteiger partial charge < -0.3 is 10.6 Å². The molecule has 0 radical (unpaired) electrons. The molecular formula is C16H17F5N4S. The number of benzene rings is 1. The summed E-state index contributed by atoms with van der Waals surface area (Å²) in [5.41, 5.74) is -0.441. The number of guanidine groups is 1. The zero-order chi connectivity index (χ0) is 19.3. The lowest BCUT2D eigenvalue weighted by atomic mass is 10.1. The highest BCUT2D eigenvalue weighted by Gasteiger charge is 2.33. The van der Waals surface area contributed by atoms with Crippen molar-refractivity contribution in [1.29, 1.82) is 0 Å². The minimum atomic E-state index is -4.48. The molecule has 4 nitrogen and oxygen atoms in total. The molecule has 0 amide bonds. The monoisotopic (exact) mass is 392 g/mol. The molecule has 1 unspecified atom stereocenters. The van der Waals surface area contributed by atoms with E-state index >= 15 is 0 Å². The van der Waals surface area contributed by atoms with Gasteiger partial charge in [-0.2, -0.15) is 13.2 Å². The molecule has 0 saturated heterocycles. The Morgan fingerprint density at radius 3 is 2.58 bits per heavy atom. The molecule has 142 valence electrons. The number of halogens is 5. The maximum absolute atomic E-state index is 13.3. The van der Waals surface area contributed by atoms with Gasteiger partial charge in [-0.3, -0.25) is 0 Å². The number of nitrogens with zero attached hydrogens (tertiary/aromatic N) is 2. The molecule has 0 aliphatic heterocycles. The largest absolute Gasteiger partial charge is 0.434 e. The Hall–Kier alpha value is -2.23. The van der Waals surface area contributed by atoms with Gasteiger partial charge in [0.15, 0.2) is 23.3 Å². The standard InChI is InChI=1S/C16H17F5N4S/c1-3-22-15(23-7-14-25-13(8-26-14)16(19,20)21)24-9(2)10-4-5-11(17)12(18)6-10/h4-6,8-9H,3,7H2,1-2H3,(H2,22,23,24). The van der Waals surface area contributed by atoms with Gasteiger partial charge in [0, 0.05) is 11.9 Å². The van der Waals surface area contributed by atoms with Crippen molar-refractivity contribution in [3.8, 4) is 0 Å². The first kappa shape index (κ1) is 20.1. The summed E-state index contributed by atoms with van der Waals surface area (Å²) in [6.07, 6.45) is -4.48. The Morgan fingerprint density at radius 1 is 1.27 bits per heavy atom. The Morgan fingerprint density at radius 2 is 2.00 bits per heavy atom. The number of aliphatic imine (C=N–C) groups is 1. The Kier molecular flexibility index (Phi) is 6.52. The van der Waals surface area contributed by atoms with Crippen LogP contribution in [0.25, 0.3) is 0 Å². The van der Waals surface area contributed by atoms with Gasteiger partial charge in [0.05, 0.1) is 12.6 Å². The fraction of sp³-hybridized carbons (Fsp3) is 0.375. The minimum absolute atomic E-state index is 0.0411. The molecule has 1 atom stereocenters. The zero-order valence-electron chi connectivity index (χ0n) is 14.0. The van der Waals surface area contributed by atoms with E-state index < -0.39 is 29.5 Å². The van der Waals surface area contributed by atoms with Gasteiger partial charge in [0.1, 0.15) is 5.01 Å². The number of hydrogen-bond acceptors (Lipinski definition) is 3. The molecule has 2 N–H and O–H groups in total. The fourth-order valence-electron chi connectivity index (χ4n) is 2.05. The van der Waals surface area contributed by atoms with Gasteiger partial charge in [0.2, 0.25) is 0 Å². The predicted molar refractivity (Wildman–Crippen MR) is 89.8 cm³/mol. The summed E-state index contributed by atoms with van der Waals surface area (Å²) >= 11 is 0.870. The summed E-state index contributed by atoms with van der Waals surface area (Å²) < 4.78 is 64.1. The average molecular weight is 392 g/mol. The second-order valence-electron chi connectivity index (χ2n) is 5.36. The van der Waals surface area contributed by atoms with E-state index in [-0.39, 0.29) is 11.6 Å². The Bertz CT molecular complexity index is 772. The quantitative estimate of drug-likeness (QED) is 0.454. The lowest BCUT2D eigenvalue weighted by molar-refractivity contribution is -0.140. The van der Waals surface area contributed by atoms with E-state index in [0.717, 1.165) is 28.8 Å². The third-order valence-electron chi connectivity index (χ3n) is 3.36. The maximum atomic E-state index is 13.3. The van der Waals surface area contributed by atoms with Crippen molar-refractivity contribution in [2.24, 2.45) is 4.99 Å². The van der Waals surface area contributed by atoms with Gasteiger partial charge in [0.25, 0.3) is 0 Å². The molecule has 0 aliphatic rings. The number of nitrogens with one attached hydrogen (secondary N) is 2. The first-order chi connectivity index (χ1) is 12.2. The zero-order valence-corrected chi connectivity index (χ0v) is 14.8. The van der Waals surface area contributed by atoms with Gasteiger partial charge >= 0.3 is 6.18 Å². The first-order valence-corrected chi connectivity index (χ1v) is 8.60. The maximum Gasteiger partial charge on any atom is 0.434 e. The van der Waals surface area contributed by atoms with Crippen LogP contribution in [0, 0.1) is 11.6 Å². The lowest BCUT2D eigenvalue weighted by Gasteiger charge is -2.18. The van der Waals surface area contributed by atoms with Crippen molar-refractivity contribution in [3.63, 3.8) is 0 Å². The highest BCUT2D eigenvalue weighted by atomic mass is 32.1. The third-order valence-corrected chi connectivity index (χ3v) is 4.19. The first-order valence-electron chi connectivity index (χ1n) is 7.72. The molecule has 26 heavy (non-hydrogen) atoms. The molecule has 1 aromatic carbocycles. The van der Waals surface area contributed by atoms with E-state index in [1.807, 2.05) is 6.92 Å². The normalized spacial score (nSPS) is 13.6. The predicted octanol–water partition coefficient (Wildman–Crippen LogP) is 4.26. The summed E-state index contributed by atoms with van der Waals surface area (Å²) in [5.74, 6) is -1.57. The van der Waals surface area contributed by atoms with E-state index in [2.05, 4.69) is 20.6 Å². The molecule has 0 bridgehead atoms. The van der Waals surface area contributed by atoms with Crippen LogP contribution in [-0.4, -0.2) is 17.5 Å². The van der Waals surface area contributed by atoms with Gasteiger partial charge in [-0.25, -0.2) is 18.8 Å². The van der Waals surface area contributed by atoms with Crippen LogP contribution in [0.3, 0.4) is 0 Å². The van der Waals surface area contributed by atoms with Gasteiger partial charge in [-0.05, 0) is 31.5 Å². The number of rotatable bonds is 5. The summed E-state index contributed by atoms with van der Waals surface area (Å²) in [5, 5.41) is 7.09. The number of hydrogen-bond donors (Lipinski definition) is 2. The van der Waals surface area contributed by atoms with Crippen LogP contribution < -0.4 is 10.6 Å². The molecule has 10 heteroatoms. The van der Waals surface area contributed by atoms with E-state index in [1.54, 1.807) is 6.92 Å². The summed E-state index contributed by atoms with van der Waals surface area (Å²) in [6.45, 7) is 4.03. The molecule has 0 aliphatic carbocycles. The molecule has 0 spiro atoms. The second kappa shape index (κ2) is 8.43. The smallest absolute Gasteiger partial charge is 0.357 e. The van der Waals surface area contributed by atoms with Crippen molar-refractivity contribution >= 4 is 17.3 Å². The molecule has 2 rings (SSSR count). The van der Waals surface area contributed by atoms with E-state index in [4.69, 9.17) is 0 Å². The molecule has 2 aromatic rings. The topological polar surface area (TPSA) is 49.3 Å². The number of thiazole rings is 1. The van der Waals surface area contributed by atoms with Crippen LogP contribution in [0.2, 0.25) is 0 Å².